The van der Waals surface area contributed by atoms with Crippen LogP contribution in [0.4, 0.5) is 5.69 Å². The monoisotopic (exact) mass is 247 g/mol. The van der Waals surface area contributed by atoms with Gasteiger partial charge in [0.25, 0.3) is 0 Å². The molecule has 0 bridgehead atoms. The summed E-state index contributed by atoms with van der Waals surface area (Å²) in [6.45, 7) is 3.74. The van der Waals surface area contributed by atoms with E-state index in [-0.39, 0.29) is 5.91 Å². The molecule has 6 nitrogen and oxygen atoms in total. The maximum absolute atomic E-state index is 12.0. The molecular formula is C12H17N5O. The van der Waals surface area contributed by atoms with Gasteiger partial charge in [-0.25, -0.2) is 0 Å². The molecular weight excluding hydrogens is 230 g/mol. The zero-order chi connectivity index (χ0) is 13.2. The smallest absolute Gasteiger partial charge is 0.244 e. The van der Waals surface area contributed by atoms with Crippen molar-refractivity contribution in [3.8, 4) is 0 Å². The molecule has 18 heavy (non-hydrogen) atoms. The molecule has 6 heteroatoms. The lowest BCUT2D eigenvalue weighted by atomic mass is 9.96. The maximum atomic E-state index is 12.0. The van der Waals surface area contributed by atoms with Crippen LogP contribution in [0.2, 0.25) is 0 Å². The number of anilines is 1. The number of carbonyl (C=O) groups is 1. The molecule has 0 aliphatic rings. The van der Waals surface area contributed by atoms with E-state index in [9.17, 15) is 4.79 Å². The van der Waals surface area contributed by atoms with Gasteiger partial charge in [0.05, 0.1) is 5.54 Å². The highest BCUT2D eigenvalue weighted by Gasteiger charge is 2.27. The number of carbonyl (C=O) groups excluding carboxylic acids is 1. The lowest BCUT2D eigenvalue weighted by Crippen LogP contribution is -2.48. The number of H-pyrrole nitrogens is 1. The fourth-order valence-electron chi connectivity index (χ4n) is 1.82. The van der Waals surface area contributed by atoms with Gasteiger partial charge in [0.1, 0.15) is 11.0 Å². The van der Waals surface area contributed by atoms with Crippen molar-refractivity contribution >= 4 is 22.6 Å². The quantitative estimate of drug-likeness (QED) is 0.761. The van der Waals surface area contributed by atoms with Crippen LogP contribution in [0.5, 0.6) is 0 Å². The van der Waals surface area contributed by atoms with E-state index in [0.717, 1.165) is 11.9 Å². The summed E-state index contributed by atoms with van der Waals surface area (Å²) in [5.41, 5.74) is 7.26. The molecule has 0 aliphatic carbocycles. The van der Waals surface area contributed by atoms with Gasteiger partial charge in [0.2, 0.25) is 5.91 Å². The fourth-order valence-corrected chi connectivity index (χ4v) is 1.82. The van der Waals surface area contributed by atoms with Crippen molar-refractivity contribution in [2.24, 2.45) is 5.73 Å². The Labute approximate surface area is 105 Å². The number of aromatic nitrogens is 3. The summed E-state index contributed by atoms with van der Waals surface area (Å²) < 4.78 is 0. The Morgan fingerprint density at radius 1 is 1.44 bits per heavy atom. The molecule has 0 fully saturated rings. The van der Waals surface area contributed by atoms with Gasteiger partial charge >= 0.3 is 0 Å². The number of nitrogens with one attached hydrogen (secondary N) is 2. The first-order valence-corrected chi connectivity index (χ1v) is 5.94. The van der Waals surface area contributed by atoms with Crippen LogP contribution in [0, 0.1) is 0 Å². The molecule has 0 radical (unpaired) electrons. The molecule has 2 aromatic rings. The summed E-state index contributed by atoms with van der Waals surface area (Å²) >= 11 is 0. The molecule has 0 aliphatic heterocycles. The summed E-state index contributed by atoms with van der Waals surface area (Å²) in [4.78, 5) is 12.0. The molecule has 1 amide bonds. The molecule has 1 aromatic heterocycles. The second kappa shape index (κ2) is 4.73. The molecule has 0 saturated carbocycles. The number of hydrogen-bond donors (Lipinski definition) is 3. The number of fused-ring (bicyclic) bond motifs is 1. The van der Waals surface area contributed by atoms with E-state index < -0.39 is 5.54 Å². The molecule has 1 atom stereocenters. The summed E-state index contributed by atoms with van der Waals surface area (Å²) in [7, 11) is 0. The summed E-state index contributed by atoms with van der Waals surface area (Å²) in [5.74, 6) is -0.188. The van der Waals surface area contributed by atoms with Gasteiger partial charge < -0.3 is 11.1 Å². The highest BCUT2D eigenvalue weighted by atomic mass is 16.2. The standard InChI is InChI=1S/C12H17N5O/c1-3-6-12(2,13)11(18)14-8-4-5-9-10(7-8)16-17-15-9/h4-5,7H,3,6,13H2,1-2H3,(H,14,18)(H,15,16,17). The fraction of sp³-hybridized carbons (Fsp3) is 0.417. The first-order valence-electron chi connectivity index (χ1n) is 5.94. The van der Waals surface area contributed by atoms with Crippen molar-refractivity contribution in [3.05, 3.63) is 18.2 Å². The number of aromatic amines is 1. The Balaban J connectivity index is 2.15. The molecule has 0 saturated heterocycles. The molecule has 1 aromatic carbocycles. The van der Waals surface area contributed by atoms with Crippen molar-refractivity contribution in [1.82, 2.24) is 15.4 Å². The third kappa shape index (κ3) is 2.48. The number of nitrogens with two attached hydrogens (primary N) is 1. The van der Waals surface area contributed by atoms with Crippen LogP contribution in [0.1, 0.15) is 26.7 Å². The van der Waals surface area contributed by atoms with E-state index in [0.29, 0.717) is 17.6 Å². The van der Waals surface area contributed by atoms with Crippen molar-refractivity contribution in [2.45, 2.75) is 32.2 Å². The van der Waals surface area contributed by atoms with Gasteiger partial charge in [-0.3, -0.25) is 4.79 Å². The van der Waals surface area contributed by atoms with Crippen LogP contribution in [-0.2, 0) is 4.79 Å². The summed E-state index contributed by atoms with van der Waals surface area (Å²) in [5, 5.41) is 13.2. The van der Waals surface area contributed by atoms with E-state index in [1.54, 1.807) is 25.1 Å². The normalized spacial score (nSPS) is 14.4. The summed E-state index contributed by atoms with van der Waals surface area (Å²) in [6, 6.07) is 5.34. The highest BCUT2D eigenvalue weighted by Crippen LogP contribution is 2.17. The van der Waals surface area contributed by atoms with Crippen molar-refractivity contribution < 1.29 is 4.79 Å². The van der Waals surface area contributed by atoms with Gasteiger partial charge in [0, 0.05) is 5.69 Å². The largest absolute Gasteiger partial charge is 0.324 e. The Morgan fingerprint density at radius 3 is 2.89 bits per heavy atom. The van der Waals surface area contributed by atoms with Crippen LogP contribution >= 0.6 is 0 Å². The van der Waals surface area contributed by atoms with Crippen LogP contribution in [0.3, 0.4) is 0 Å². The minimum Gasteiger partial charge on any atom is -0.324 e. The van der Waals surface area contributed by atoms with Crippen LogP contribution in [-0.4, -0.2) is 26.9 Å². The van der Waals surface area contributed by atoms with Gasteiger partial charge in [-0.15, -0.1) is 0 Å². The van der Waals surface area contributed by atoms with Gasteiger partial charge in [-0.1, -0.05) is 13.3 Å². The van der Waals surface area contributed by atoms with E-state index >= 15 is 0 Å². The highest BCUT2D eigenvalue weighted by molar-refractivity contribution is 5.98. The van der Waals surface area contributed by atoms with E-state index in [1.165, 1.54) is 0 Å². The Kier molecular flexibility index (Phi) is 3.29. The molecule has 1 unspecified atom stereocenters. The van der Waals surface area contributed by atoms with Crippen molar-refractivity contribution in [3.63, 3.8) is 0 Å². The van der Waals surface area contributed by atoms with Gasteiger partial charge in [-0.05, 0) is 31.5 Å². The second-order valence-electron chi connectivity index (χ2n) is 4.65. The zero-order valence-electron chi connectivity index (χ0n) is 10.5. The minimum absolute atomic E-state index is 0.188. The predicted molar refractivity (Wildman–Crippen MR) is 70.0 cm³/mol. The maximum Gasteiger partial charge on any atom is 0.244 e. The van der Waals surface area contributed by atoms with Crippen molar-refractivity contribution in [2.75, 3.05) is 5.32 Å². The molecule has 1 heterocycles. The number of rotatable bonds is 4. The van der Waals surface area contributed by atoms with Gasteiger partial charge in [0.15, 0.2) is 0 Å². The predicted octanol–water partition coefficient (Wildman–Crippen LogP) is 1.41. The van der Waals surface area contributed by atoms with E-state index in [4.69, 9.17) is 5.73 Å². The Bertz CT molecular complexity index is 560. The van der Waals surface area contributed by atoms with Crippen molar-refractivity contribution in [1.29, 1.82) is 0 Å². The molecule has 2 rings (SSSR count). The zero-order valence-corrected chi connectivity index (χ0v) is 10.5. The van der Waals surface area contributed by atoms with E-state index in [1.807, 2.05) is 6.92 Å². The average molecular weight is 247 g/mol. The average Bonchev–Trinajstić information content (AvgIpc) is 2.76. The van der Waals surface area contributed by atoms with Gasteiger partial charge in [-0.2, -0.15) is 15.4 Å². The molecule has 96 valence electrons. The topological polar surface area (TPSA) is 96.7 Å². The minimum atomic E-state index is -0.854. The third-order valence-corrected chi connectivity index (χ3v) is 2.86. The lowest BCUT2D eigenvalue weighted by Gasteiger charge is -2.22. The second-order valence-corrected chi connectivity index (χ2v) is 4.65. The Morgan fingerprint density at radius 2 is 2.17 bits per heavy atom. The number of hydrogen-bond acceptors (Lipinski definition) is 4. The number of nitrogens with zero attached hydrogens (tertiary/aromatic N) is 2. The molecule has 4 N–H and O–H groups in total. The van der Waals surface area contributed by atoms with Crippen LogP contribution in [0.15, 0.2) is 18.2 Å². The third-order valence-electron chi connectivity index (χ3n) is 2.86. The SMILES string of the molecule is CCCC(C)(N)C(=O)Nc1ccc2n[nH]nc2c1. The number of benzene rings is 1. The Hall–Kier alpha value is -1.95. The first-order chi connectivity index (χ1) is 8.53. The lowest BCUT2D eigenvalue weighted by molar-refractivity contribution is -0.120. The van der Waals surface area contributed by atoms with Crippen LogP contribution < -0.4 is 11.1 Å². The molecule has 0 spiro atoms. The first kappa shape index (κ1) is 12.5. The van der Waals surface area contributed by atoms with Crippen LogP contribution in [0.25, 0.3) is 11.0 Å². The summed E-state index contributed by atoms with van der Waals surface area (Å²) in [6.07, 6.45) is 1.51. The van der Waals surface area contributed by atoms with E-state index in [2.05, 4.69) is 20.7 Å². The number of amides is 1.